The maximum atomic E-state index is 7.07. The molecular weight excluding hydrogens is 178 g/mol. The third-order valence-corrected chi connectivity index (χ3v) is 1.95. The zero-order valence-corrected chi connectivity index (χ0v) is 8.83. The van der Waals surface area contributed by atoms with Crippen molar-refractivity contribution >= 4 is 5.70 Å². The van der Waals surface area contributed by atoms with Gasteiger partial charge in [-0.1, -0.05) is 0 Å². The van der Waals surface area contributed by atoms with Gasteiger partial charge in [0.2, 0.25) is 5.89 Å². The van der Waals surface area contributed by atoms with Crippen molar-refractivity contribution < 1.29 is 4.42 Å². The van der Waals surface area contributed by atoms with Crippen molar-refractivity contribution in [1.82, 2.24) is 9.88 Å². The zero-order valence-electron chi connectivity index (χ0n) is 8.83. The average molecular weight is 191 g/mol. The minimum Gasteiger partial charge on any atom is -0.455 e. The molecule has 1 aromatic rings. The van der Waals surface area contributed by atoms with Crippen LogP contribution in [-0.4, -0.2) is 24.0 Å². The summed E-state index contributed by atoms with van der Waals surface area (Å²) in [5.74, 6) is 0.392. The molecule has 0 bridgehead atoms. The Morgan fingerprint density at radius 1 is 1.57 bits per heavy atom. The summed E-state index contributed by atoms with van der Waals surface area (Å²) in [6.45, 7) is 10.8. The van der Waals surface area contributed by atoms with Gasteiger partial charge in [-0.05, 0) is 13.8 Å². The Morgan fingerprint density at radius 2 is 2.21 bits per heavy atom. The number of rotatable bonds is 2. The molecule has 74 valence electrons. The fourth-order valence-electron chi connectivity index (χ4n) is 0.958. The summed E-state index contributed by atoms with van der Waals surface area (Å²) >= 11 is 0. The topological polar surface area (TPSA) is 33.6 Å². The van der Waals surface area contributed by atoms with Crippen molar-refractivity contribution in [3.8, 4) is 0 Å². The van der Waals surface area contributed by atoms with Crippen molar-refractivity contribution in [3.05, 3.63) is 35.0 Å². The van der Waals surface area contributed by atoms with Crippen LogP contribution in [0.1, 0.15) is 18.5 Å². The first kappa shape index (κ1) is 10.3. The predicted octanol–water partition coefficient (Wildman–Crippen LogP) is 2.15. The normalized spacial score (nSPS) is 11.9. The zero-order chi connectivity index (χ0) is 10.7. The molecule has 0 spiro atoms. The van der Waals surface area contributed by atoms with Crippen LogP contribution in [0.25, 0.3) is 10.5 Å². The van der Waals surface area contributed by atoms with Gasteiger partial charge < -0.3 is 9.32 Å². The maximum Gasteiger partial charge on any atom is 0.265 e. The van der Waals surface area contributed by atoms with Gasteiger partial charge in [-0.25, -0.2) is 9.83 Å². The van der Waals surface area contributed by atoms with E-state index in [2.05, 4.69) is 9.83 Å². The van der Waals surface area contributed by atoms with E-state index in [0.29, 0.717) is 11.6 Å². The third kappa shape index (κ3) is 1.94. The minimum absolute atomic E-state index is 0.392. The predicted molar refractivity (Wildman–Crippen MR) is 54.1 cm³/mol. The lowest BCUT2D eigenvalue weighted by atomic mass is 10.3. The Bertz CT molecular complexity index is 396. The first-order chi connectivity index (χ1) is 6.56. The summed E-state index contributed by atoms with van der Waals surface area (Å²) in [4.78, 5) is 9.41. The largest absolute Gasteiger partial charge is 0.455 e. The second kappa shape index (κ2) is 3.97. The Morgan fingerprint density at radius 3 is 2.57 bits per heavy atom. The number of oxazole rings is 1. The van der Waals surface area contributed by atoms with E-state index in [-0.39, 0.29) is 0 Å². The maximum absolute atomic E-state index is 7.07. The molecule has 4 heteroatoms. The second-order valence-corrected chi connectivity index (χ2v) is 3.23. The number of hydrogen-bond donors (Lipinski definition) is 0. The van der Waals surface area contributed by atoms with Gasteiger partial charge in [0, 0.05) is 19.8 Å². The molecule has 0 unspecified atom stereocenters. The molecule has 0 atom stereocenters. The van der Waals surface area contributed by atoms with Gasteiger partial charge in [0.1, 0.15) is 6.26 Å². The molecule has 0 fully saturated rings. The summed E-state index contributed by atoms with van der Waals surface area (Å²) in [6, 6.07) is 0. The van der Waals surface area contributed by atoms with E-state index in [4.69, 9.17) is 11.0 Å². The summed E-state index contributed by atoms with van der Waals surface area (Å²) in [5, 5.41) is 0. The molecular formula is C10H13N3O. The molecule has 0 saturated heterocycles. The highest BCUT2D eigenvalue weighted by Gasteiger charge is 2.12. The van der Waals surface area contributed by atoms with Gasteiger partial charge >= 0.3 is 0 Å². The SMILES string of the molecule is [C-]#[N+]/C(=C(/C)N(C)C)c1nc(C)co1. The standard InChI is InChI=1S/C10H13N3O/c1-7-6-14-10(12-7)9(11-3)8(2)13(4)5/h6H,1-2,4-5H3/b9-8-. The lowest BCUT2D eigenvalue weighted by Crippen LogP contribution is -2.09. The molecule has 4 nitrogen and oxygen atoms in total. The smallest absolute Gasteiger partial charge is 0.265 e. The molecule has 0 aromatic carbocycles. The highest BCUT2D eigenvalue weighted by atomic mass is 16.3. The van der Waals surface area contributed by atoms with Crippen molar-refractivity contribution in [2.75, 3.05) is 14.1 Å². The van der Waals surface area contributed by atoms with Crippen LogP contribution in [0.3, 0.4) is 0 Å². The Hall–Kier alpha value is -1.76. The van der Waals surface area contributed by atoms with E-state index in [9.17, 15) is 0 Å². The second-order valence-electron chi connectivity index (χ2n) is 3.23. The molecule has 0 aliphatic heterocycles. The summed E-state index contributed by atoms with van der Waals surface area (Å²) < 4.78 is 5.18. The van der Waals surface area contributed by atoms with Crippen molar-refractivity contribution in [2.24, 2.45) is 0 Å². The summed E-state index contributed by atoms with van der Waals surface area (Å²) in [6.07, 6.45) is 1.55. The molecule has 0 aliphatic rings. The molecule has 0 aliphatic carbocycles. The molecule has 14 heavy (non-hydrogen) atoms. The van der Waals surface area contributed by atoms with E-state index in [1.807, 2.05) is 32.8 Å². The Kier molecular flexibility index (Phi) is 2.92. The van der Waals surface area contributed by atoms with Crippen molar-refractivity contribution in [3.63, 3.8) is 0 Å². The van der Waals surface area contributed by atoms with Gasteiger partial charge in [0.05, 0.1) is 12.3 Å². The van der Waals surface area contributed by atoms with Gasteiger partial charge in [-0.2, -0.15) is 0 Å². The number of aromatic nitrogens is 1. The van der Waals surface area contributed by atoms with Gasteiger partial charge in [-0.3, -0.25) is 0 Å². The molecule has 1 rings (SSSR count). The molecule has 1 heterocycles. The number of hydrogen-bond acceptors (Lipinski definition) is 3. The van der Waals surface area contributed by atoms with Crippen molar-refractivity contribution in [2.45, 2.75) is 13.8 Å². The van der Waals surface area contributed by atoms with Gasteiger partial charge in [-0.15, -0.1) is 0 Å². The lowest BCUT2D eigenvalue weighted by molar-refractivity contribution is 0.505. The fourth-order valence-corrected chi connectivity index (χ4v) is 0.958. The van der Waals surface area contributed by atoms with Crippen molar-refractivity contribution in [1.29, 1.82) is 0 Å². The van der Waals surface area contributed by atoms with E-state index in [1.165, 1.54) is 0 Å². The minimum atomic E-state index is 0.392. The van der Waals surface area contributed by atoms with Gasteiger partial charge in [0.15, 0.2) is 0 Å². The van der Waals surface area contributed by atoms with E-state index < -0.39 is 0 Å². The Balaban J connectivity index is 3.18. The molecule has 1 aromatic heterocycles. The summed E-state index contributed by atoms with van der Waals surface area (Å²) in [7, 11) is 3.77. The molecule has 0 amide bonds. The van der Waals surface area contributed by atoms with E-state index in [1.54, 1.807) is 6.26 Å². The summed E-state index contributed by atoms with van der Waals surface area (Å²) in [5.41, 5.74) is 2.10. The molecule has 0 saturated carbocycles. The van der Waals surface area contributed by atoms with E-state index in [0.717, 1.165) is 11.4 Å². The van der Waals surface area contributed by atoms with Crippen LogP contribution in [0.15, 0.2) is 16.4 Å². The quantitative estimate of drug-likeness (QED) is 0.671. The molecule has 0 radical (unpaired) electrons. The Labute approximate surface area is 83.7 Å². The van der Waals surface area contributed by atoms with Crippen LogP contribution in [0.2, 0.25) is 0 Å². The van der Waals surface area contributed by atoms with Crippen LogP contribution >= 0.6 is 0 Å². The van der Waals surface area contributed by atoms with Crippen LogP contribution in [0.5, 0.6) is 0 Å². The highest BCUT2D eigenvalue weighted by molar-refractivity contribution is 5.67. The lowest BCUT2D eigenvalue weighted by Gasteiger charge is -2.13. The van der Waals surface area contributed by atoms with Crippen LogP contribution in [-0.2, 0) is 0 Å². The number of nitrogens with zero attached hydrogens (tertiary/aromatic N) is 3. The average Bonchev–Trinajstić information content (AvgIpc) is 2.53. The third-order valence-electron chi connectivity index (χ3n) is 1.95. The number of aryl methyl sites for hydroxylation is 1. The van der Waals surface area contributed by atoms with Crippen LogP contribution in [0.4, 0.5) is 0 Å². The van der Waals surface area contributed by atoms with Crippen LogP contribution in [0, 0.1) is 13.5 Å². The molecule has 0 N–H and O–H groups in total. The van der Waals surface area contributed by atoms with Gasteiger partial charge in [0.25, 0.3) is 5.70 Å². The van der Waals surface area contributed by atoms with Crippen LogP contribution < -0.4 is 0 Å². The fraction of sp³-hybridized carbons (Fsp3) is 0.400. The number of allylic oxidation sites excluding steroid dienone is 1. The van der Waals surface area contributed by atoms with E-state index >= 15 is 0 Å². The first-order valence-electron chi connectivity index (χ1n) is 4.24. The highest BCUT2D eigenvalue weighted by Crippen LogP contribution is 2.20. The first-order valence-corrected chi connectivity index (χ1v) is 4.24. The monoisotopic (exact) mass is 191 g/mol.